The van der Waals surface area contributed by atoms with E-state index in [1.807, 2.05) is 0 Å². The third-order valence-corrected chi connectivity index (χ3v) is 2.78. The lowest BCUT2D eigenvalue weighted by molar-refractivity contribution is -0.117. The van der Waals surface area contributed by atoms with Gasteiger partial charge in [-0.1, -0.05) is 13.3 Å². The van der Waals surface area contributed by atoms with Crippen LogP contribution in [0.5, 0.6) is 0 Å². The van der Waals surface area contributed by atoms with Gasteiger partial charge in [-0.25, -0.2) is 4.98 Å². The fourth-order valence-corrected chi connectivity index (χ4v) is 1.70. The molecule has 0 aromatic carbocycles. The van der Waals surface area contributed by atoms with Gasteiger partial charge < -0.3 is 5.32 Å². The first-order valence-electron chi connectivity index (χ1n) is 5.13. The summed E-state index contributed by atoms with van der Waals surface area (Å²) in [5.41, 5.74) is 0.558. The second-order valence-corrected chi connectivity index (χ2v) is 3.87. The number of pyridine rings is 1. The molecule has 1 amide bonds. The maximum atomic E-state index is 12.5. The number of halogens is 1. The number of anilines is 1. The Hall–Kier alpha value is -1.45. The summed E-state index contributed by atoms with van der Waals surface area (Å²) in [7, 11) is 0. The number of carbonyl (C=O) groups excluding carboxylic acids is 1. The van der Waals surface area contributed by atoms with Crippen molar-refractivity contribution < 1.29 is 9.18 Å². The molecule has 1 aromatic rings. The fourth-order valence-electron chi connectivity index (χ4n) is 1.70. The quantitative estimate of drug-likeness (QED) is 0.774. The highest BCUT2D eigenvalue weighted by atomic mass is 19.1. The van der Waals surface area contributed by atoms with Crippen molar-refractivity contribution in [2.24, 2.45) is 11.8 Å². The normalized spacial score (nSPS) is 23.6. The van der Waals surface area contributed by atoms with E-state index in [9.17, 15) is 9.18 Å². The molecule has 80 valence electrons. The molecule has 1 aliphatic rings. The van der Waals surface area contributed by atoms with Crippen molar-refractivity contribution in [3.63, 3.8) is 0 Å². The van der Waals surface area contributed by atoms with Gasteiger partial charge in [-0.15, -0.1) is 0 Å². The van der Waals surface area contributed by atoms with Crippen molar-refractivity contribution in [3.05, 3.63) is 24.3 Å². The van der Waals surface area contributed by atoms with Crippen LogP contribution < -0.4 is 5.32 Å². The summed E-state index contributed by atoms with van der Waals surface area (Å²) in [5, 5.41) is 2.73. The van der Waals surface area contributed by atoms with Crippen molar-refractivity contribution in [1.82, 2.24) is 4.98 Å². The molecule has 0 radical (unpaired) electrons. The fraction of sp³-hybridized carbons (Fsp3) is 0.455. The Morgan fingerprint density at radius 2 is 2.47 bits per heavy atom. The Morgan fingerprint density at radius 3 is 3.00 bits per heavy atom. The molecule has 2 rings (SSSR count). The van der Waals surface area contributed by atoms with Crippen molar-refractivity contribution >= 4 is 11.6 Å². The van der Waals surface area contributed by atoms with Crippen LogP contribution in [0.15, 0.2) is 18.3 Å². The number of carbonyl (C=O) groups is 1. The van der Waals surface area contributed by atoms with E-state index in [1.165, 1.54) is 18.3 Å². The summed E-state index contributed by atoms with van der Waals surface area (Å²) in [6, 6.07) is 2.75. The largest absolute Gasteiger partial charge is 0.324 e. The zero-order chi connectivity index (χ0) is 10.8. The van der Waals surface area contributed by atoms with Crippen LogP contribution in [0, 0.1) is 17.8 Å². The lowest BCUT2D eigenvalue weighted by Crippen LogP contribution is -2.14. The monoisotopic (exact) mass is 208 g/mol. The van der Waals surface area contributed by atoms with Gasteiger partial charge in [0.2, 0.25) is 11.9 Å². The summed E-state index contributed by atoms with van der Waals surface area (Å²) in [6.07, 6.45) is 3.34. The third-order valence-electron chi connectivity index (χ3n) is 2.78. The van der Waals surface area contributed by atoms with E-state index in [2.05, 4.69) is 17.2 Å². The van der Waals surface area contributed by atoms with E-state index in [0.717, 1.165) is 12.8 Å². The van der Waals surface area contributed by atoms with Crippen LogP contribution in [0.25, 0.3) is 0 Å². The molecule has 4 heteroatoms. The molecule has 0 bridgehead atoms. The highest BCUT2D eigenvalue weighted by Crippen LogP contribution is 2.41. The van der Waals surface area contributed by atoms with E-state index in [1.54, 1.807) is 0 Å². The summed E-state index contributed by atoms with van der Waals surface area (Å²) in [6.45, 7) is 2.08. The van der Waals surface area contributed by atoms with Gasteiger partial charge in [0, 0.05) is 5.92 Å². The van der Waals surface area contributed by atoms with E-state index in [4.69, 9.17) is 0 Å². The van der Waals surface area contributed by atoms with Crippen molar-refractivity contribution in [2.75, 3.05) is 5.32 Å². The van der Waals surface area contributed by atoms with Crippen LogP contribution in [-0.2, 0) is 4.79 Å². The van der Waals surface area contributed by atoms with Gasteiger partial charge in [0.05, 0.1) is 11.9 Å². The Labute approximate surface area is 87.7 Å². The number of hydrogen-bond acceptors (Lipinski definition) is 2. The summed E-state index contributed by atoms with van der Waals surface area (Å²) in [5.74, 6) is 0.152. The Bertz CT molecular complexity index is 363. The first-order chi connectivity index (χ1) is 7.20. The van der Waals surface area contributed by atoms with Gasteiger partial charge >= 0.3 is 0 Å². The topological polar surface area (TPSA) is 42.0 Å². The van der Waals surface area contributed by atoms with Crippen LogP contribution in [0.1, 0.15) is 19.8 Å². The maximum Gasteiger partial charge on any atom is 0.227 e. The third kappa shape index (κ3) is 2.32. The van der Waals surface area contributed by atoms with E-state index >= 15 is 0 Å². The Kier molecular flexibility index (Phi) is 2.66. The highest BCUT2D eigenvalue weighted by molar-refractivity contribution is 5.94. The smallest absolute Gasteiger partial charge is 0.227 e. The van der Waals surface area contributed by atoms with Crippen molar-refractivity contribution in [2.45, 2.75) is 19.8 Å². The molecule has 1 fully saturated rings. The Balaban J connectivity index is 1.92. The SMILES string of the molecule is CC[C@@H]1C[C@H]1C(=O)Nc1ccc(F)nc1. The lowest BCUT2D eigenvalue weighted by Gasteiger charge is -2.03. The molecule has 1 heterocycles. The zero-order valence-corrected chi connectivity index (χ0v) is 8.53. The summed E-state index contributed by atoms with van der Waals surface area (Å²) in [4.78, 5) is 15.1. The number of nitrogens with one attached hydrogen (secondary N) is 1. The first-order valence-corrected chi connectivity index (χ1v) is 5.13. The minimum atomic E-state index is -0.536. The van der Waals surface area contributed by atoms with Gasteiger partial charge in [-0.3, -0.25) is 4.79 Å². The molecule has 0 saturated heterocycles. The number of rotatable bonds is 3. The minimum absolute atomic E-state index is 0.0234. The van der Waals surface area contributed by atoms with Crippen molar-refractivity contribution in [1.29, 1.82) is 0 Å². The molecule has 1 aliphatic carbocycles. The highest BCUT2D eigenvalue weighted by Gasteiger charge is 2.41. The zero-order valence-electron chi connectivity index (χ0n) is 8.53. The van der Waals surface area contributed by atoms with E-state index in [-0.39, 0.29) is 11.8 Å². The van der Waals surface area contributed by atoms with Gasteiger partial charge in [0.15, 0.2) is 0 Å². The molecule has 2 atom stereocenters. The second kappa shape index (κ2) is 3.96. The lowest BCUT2D eigenvalue weighted by atomic mass is 10.2. The van der Waals surface area contributed by atoms with E-state index in [0.29, 0.717) is 11.6 Å². The van der Waals surface area contributed by atoms with Gasteiger partial charge in [0.25, 0.3) is 0 Å². The molecule has 0 unspecified atom stereocenters. The van der Waals surface area contributed by atoms with Crippen molar-refractivity contribution in [3.8, 4) is 0 Å². The van der Waals surface area contributed by atoms with Crippen LogP contribution in [0.4, 0.5) is 10.1 Å². The van der Waals surface area contributed by atoms with Gasteiger partial charge in [0.1, 0.15) is 0 Å². The van der Waals surface area contributed by atoms with Crippen LogP contribution >= 0.6 is 0 Å². The number of amides is 1. The molecule has 1 saturated carbocycles. The molecule has 1 N–H and O–H groups in total. The van der Waals surface area contributed by atoms with Gasteiger partial charge in [-0.05, 0) is 24.5 Å². The first kappa shape index (κ1) is 10.1. The molecule has 0 spiro atoms. The molecule has 15 heavy (non-hydrogen) atoms. The molecular formula is C11H13FN2O. The van der Waals surface area contributed by atoms with E-state index < -0.39 is 5.95 Å². The molecule has 0 aliphatic heterocycles. The second-order valence-electron chi connectivity index (χ2n) is 3.87. The number of hydrogen-bond donors (Lipinski definition) is 1. The van der Waals surface area contributed by atoms with Gasteiger partial charge in [-0.2, -0.15) is 4.39 Å². The Morgan fingerprint density at radius 1 is 1.67 bits per heavy atom. The minimum Gasteiger partial charge on any atom is -0.324 e. The van der Waals surface area contributed by atoms with Crippen LogP contribution in [0.2, 0.25) is 0 Å². The number of aromatic nitrogens is 1. The average molecular weight is 208 g/mol. The summed E-state index contributed by atoms with van der Waals surface area (Å²) < 4.78 is 12.5. The molecule has 1 aromatic heterocycles. The summed E-state index contributed by atoms with van der Waals surface area (Å²) >= 11 is 0. The standard InChI is InChI=1S/C11H13FN2O/c1-2-7-5-9(7)11(15)14-8-3-4-10(12)13-6-8/h3-4,6-7,9H,2,5H2,1H3,(H,14,15)/t7-,9-/m1/s1. The van der Waals surface area contributed by atoms with Crippen LogP contribution in [-0.4, -0.2) is 10.9 Å². The predicted octanol–water partition coefficient (Wildman–Crippen LogP) is 2.21. The average Bonchev–Trinajstić information content (AvgIpc) is 3.00. The molecule has 3 nitrogen and oxygen atoms in total. The molecular weight excluding hydrogens is 195 g/mol. The number of nitrogens with zero attached hydrogens (tertiary/aromatic N) is 1. The van der Waals surface area contributed by atoms with Crippen LogP contribution in [0.3, 0.4) is 0 Å². The predicted molar refractivity (Wildman–Crippen MR) is 54.7 cm³/mol. The maximum absolute atomic E-state index is 12.5.